The second kappa shape index (κ2) is 12.5. The minimum Gasteiger partial charge on any atom is -0.497 e. The zero-order valence-corrected chi connectivity index (χ0v) is 21.5. The summed E-state index contributed by atoms with van der Waals surface area (Å²) in [5, 5.41) is 2.73. The number of nitrogens with one attached hydrogen (secondary N) is 1. The topological polar surface area (TPSA) is 99.3 Å². The van der Waals surface area contributed by atoms with Crippen molar-refractivity contribution in [1.29, 1.82) is 0 Å². The number of benzene rings is 2. The van der Waals surface area contributed by atoms with Crippen molar-refractivity contribution in [3.8, 4) is 5.75 Å². The van der Waals surface area contributed by atoms with Gasteiger partial charge in [-0.25, -0.2) is 8.70 Å². The van der Waals surface area contributed by atoms with Crippen LogP contribution >= 0.6 is 0 Å². The first-order chi connectivity index (χ1) is 16.6. The summed E-state index contributed by atoms with van der Waals surface area (Å²) in [4.78, 5) is 27.8. The fourth-order valence-electron chi connectivity index (χ4n) is 3.53. The van der Waals surface area contributed by atoms with Crippen molar-refractivity contribution >= 4 is 27.7 Å². The minimum atomic E-state index is -4.23. The molecular formula is C24H33FN4O5S. The first-order valence-corrected chi connectivity index (χ1v) is 12.6. The number of carbonyl (C=O) groups excluding carboxylic acids is 2. The number of halogens is 1. The molecule has 9 nitrogen and oxygen atoms in total. The van der Waals surface area contributed by atoms with E-state index >= 15 is 0 Å². The number of methoxy groups -OCH3 is 1. The quantitative estimate of drug-likeness (QED) is 0.475. The molecule has 0 aliphatic carbocycles. The highest BCUT2D eigenvalue weighted by Crippen LogP contribution is 2.24. The van der Waals surface area contributed by atoms with E-state index in [2.05, 4.69) is 5.32 Å². The van der Waals surface area contributed by atoms with Crippen LogP contribution in [0.25, 0.3) is 0 Å². The molecule has 0 radical (unpaired) electrons. The van der Waals surface area contributed by atoms with E-state index in [1.165, 1.54) is 44.3 Å². The van der Waals surface area contributed by atoms with Crippen LogP contribution in [0.15, 0.2) is 48.5 Å². The summed E-state index contributed by atoms with van der Waals surface area (Å²) in [6.07, 6.45) is 0.293. The first kappa shape index (κ1) is 28.1. The summed E-state index contributed by atoms with van der Waals surface area (Å²) in [6, 6.07) is 11.5. The Labute approximate surface area is 206 Å². The van der Waals surface area contributed by atoms with Gasteiger partial charge in [-0.1, -0.05) is 31.2 Å². The Bertz CT molecular complexity index is 1130. The Morgan fingerprint density at radius 3 is 2.34 bits per heavy atom. The van der Waals surface area contributed by atoms with E-state index in [9.17, 15) is 22.4 Å². The highest BCUT2D eigenvalue weighted by Gasteiger charge is 2.34. The number of hydrogen-bond acceptors (Lipinski definition) is 5. The SMILES string of the molecule is CCNC(=O)[C@H](CC)N(Cc1cccc(OC)c1)C(=O)CN(c1ccccc1F)S(=O)(=O)N(C)C. The van der Waals surface area contributed by atoms with Crippen LogP contribution in [0.3, 0.4) is 0 Å². The van der Waals surface area contributed by atoms with Gasteiger partial charge in [0.05, 0.1) is 12.8 Å². The standard InChI is InChI=1S/C24H33FN4O5S/c1-6-21(24(31)26-7-2)28(16-18-11-10-12-19(15-18)34-5)23(30)17-29(35(32,33)27(3)4)22-14-9-8-13-20(22)25/h8-15,21H,6-7,16-17H2,1-5H3,(H,26,31)/t21-/m0/s1. The van der Waals surface area contributed by atoms with Gasteiger partial charge >= 0.3 is 10.2 Å². The highest BCUT2D eigenvalue weighted by atomic mass is 32.2. The lowest BCUT2D eigenvalue weighted by atomic mass is 10.1. The maximum absolute atomic E-state index is 14.6. The van der Waals surface area contributed by atoms with E-state index in [1.54, 1.807) is 38.1 Å². The van der Waals surface area contributed by atoms with Gasteiger partial charge in [0.2, 0.25) is 11.8 Å². The van der Waals surface area contributed by atoms with Gasteiger partial charge in [-0.2, -0.15) is 12.7 Å². The molecule has 2 rings (SSSR count). The van der Waals surface area contributed by atoms with Gasteiger partial charge in [-0.05, 0) is 43.2 Å². The van der Waals surface area contributed by atoms with Crippen molar-refractivity contribution in [2.45, 2.75) is 32.9 Å². The number of likely N-dealkylation sites (N-methyl/N-ethyl adjacent to an activating group) is 1. The van der Waals surface area contributed by atoms with E-state index in [-0.39, 0.29) is 18.1 Å². The minimum absolute atomic E-state index is 0.0266. The number of ether oxygens (including phenoxy) is 1. The molecule has 0 saturated heterocycles. The van der Waals surface area contributed by atoms with E-state index in [0.717, 1.165) is 10.4 Å². The Balaban J connectivity index is 2.52. The largest absolute Gasteiger partial charge is 0.497 e. The molecule has 0 saturated carbocycles. The van der Waals surface area contributed by atoms with Crippen LogP contribution in [0.1, 0.15) is 25.8 Å². The molecule has 0 heterocycles. The molecule has 35 heavy (non-hydrogen) atoms. The average molecular weight is 509 g/mol. The Morgan fingerprint density at radius 1 is 1.09 bits per heavy atom. The van der Waals surface area contributed by atoms with Crippen LogP contribution in [0.5, 0.6) is 5.75 Å². The first-order valence-electron chi connectivity index (χ1n) is 11.2. The number of rotatable bonds is 12. The van der Waals surface area contributed by atoms with Crippen molar-refractivity contribution < 1.29 is 27.1 Å². The van der Waals surface area contributed by atoms with E-state index < -0.39 is 34.5 Å². The summed E-state index contributed by atoms with van der Waals surface area (Å²) in [5.41, 5.74) is 0.426. The summed E-state index contributed by atoms with van der Waals surface area (Å²) >= 11 is 0. The smallest absolute Gasteiger partial charge is 0.304 e. The molecule has 0 unspecified atom stereocenters. The molecule has 0 aromatic heterocycles. The lowest BCUT2D eigenvalue weighted by molar-refractivity contribution is -0.140. The van der Waals surface area contributed by atoms with Crippen molar-refractivity contribution in [2.75, 3.05) is 38.6 Å². The van der Waals surface area contributed by atoms with E-state index in [0.29, 0.717) is 28.6 Å². The van der Waals surface area contributed by atoms with E-state index in [1.807, 2.05) is 0 Å². The van der Waals surface area contributed by atoms with Crippen LogP contribution in [0.2, 0.25) is 0 Å². The Kier molecular flexibility index (Phi) is 10.0. The fourth-order valence-corrected chi connectivity index (χ4v) is 4.60. The molecule has 11 heteroatoms. The molecule has 0 aliphatic heterocycles. The maximum Gasteiger partial charge on any atom is 0.304 e. The van der Waals surface area contributed by atoms with Gasteiger partial charge in [-0.3, -0.25) is 9.59 Å². The van der Waals surface area contributed by atoms with Crippen LogP contribution in [-0.2, 0) is 26.3 Å². The van der Waals surface area contributed by atoms with Crippen molar-refractivity contribution in [3.05, 3.63) is 59.9 Å². The highest BCUT2D eigenvalue weighted by molar-refractivity contribution is 7.90. The molecule has 0 aliphatic rings. The molecule has 1 atom stereocenters. The van der Waals surface area contributed by atoms with Gasteiger partial charge in [0.1, 0.15) is 24.2 Å². The number of para-hydroxylation sites is 1. The molecule has 2 amide bonds. The van der Waals surface area contributed by atoms with Crippen LogP contribution < -0.4 is 14.4 Å². The number of carbonyl (C=O) groups is 2. The average Bonchev–Trinajstić information content (AvgIpc) is 2.83. The number of amides is 2. The number of hydrogen-bond donors (Lipinski definition) is 1. The third-order valence-electron chi connectivity index (χ3n) is 5.36. The second-order valence-electron chi connectivity index (χ2n) is 7.94. The van der Waals surface area contributed by atoms with Crippen molar-refractivity contribution in [2.24, 2.45) is 0 Å². The number of anilines is 1. The maximum atomic E-state index is 14.6. The molecule has 2 aromatic carbocycles. The van der Waals surface area contributed by atoms with Crippen LogP contribution in [0, 0.1) is 5.82 Å². The molecule has 192 valence electrons. The molecule has 2 aromatic rings. The van der Waals surface area contributed by atoms with Gasteiger partial charge in [0.15, 0.2) is 0 Å². The number of nitrogens with zero attached hydrogens (tertiary/aromatic N) is 3. The van der Waals surface area contributed by atoms with Gasteiger partial charge in [0, 0.05) is 27.2 Å². The Morgan fingerprint density at radius 2 is 1.77 bits per heavy atom. The lowest BCUT2D eigenvalue weighted by Gasteiger charge is -2.34. The third kappa shape index (κ3) is 6.92. The Hall–Kier alpha value is -3.18. The zero-order valence-electron chi connectivity index (χ0n) is 20.7. The molecule has 1 N–H and O–H groups in total. The van der Waals surface area contributed by atoms with Crippen molar-refractivity contribution in [3.63, 3.8) is 0 Å². The summed E-state index contributed by atoms with van der Waals surface area (Å²) < 4.78 is 47.7. The predicted octanol–water partition coefficient (Wildman–Crippen LogP) is 2.39. The van der Waals surface area contributed by atoms with E-state index in [4.69, 9.17) is 4.74 Å². The van der Waals surface area contributed by atoms with Gasteiger partial charge in [0.25, 0.3) is 0 Å². The molecule has 0 bridgehead atoms. The van der Waals surface area contributed by atoms with Gasteiger partial charge < -0.3 is 15.0 Å². The predicted molar refractivity (Wildman–Crippen MR) is 133 cm³/mol. The molecule has 0 spiro atoms. The zero-order chi connectivity index (χ0) is 26.2. The van der Waals surface area contributed by atoms with Crippen molar-refractivity contribution in [1.82, 2.24) is 14.5 Å². The van der Waals surface area contributed by atoms with Gasteiger partial charge in [-0.15, -0.1) is 0 Å². The fraction of sp³-hybridized carbons (Fsp3) is 0.417. The second-order valence-corrected chi connectivity index (χ2v) is 10.0. The monoisotopic (exact) mass is 508 g/mol. The lowest BCUT2D eigenvalue weighted by Crippen LogP contribution is -2.53. The summed E-state index contributed by atoms with van der Waals surface area (Å²) in [6.45, 7) is 3.23. The third-order valence-corrected chi connectivity index (χ3v) is 7.17. The van der Waals surface area contributed by atoms with Crippen LogP contribution in [-0.4, -0.2) is 69.8 Å². The summed E-state index contributed by atoms with van der Waals surface area (Å²) in [7, 11) is -0.119. The molecular weight excluding hydrogens is 475 g/mol. The van der Waals surface area contributed by atoms with Crippen LogP contribution in [0.4, 0.5) is 10.1 Å². The normalized spacial score (nSPS) is 12.2. The summed E-state index contributed by atoms with van der Waals surface area (Å²) in [5.74, 6) is -1.23. The molecule has 0 fully saturated rings.